The van der Waals surface area contributed by atoms with Gasteiger partial charge in [-0.2, -0.15) is 0 Å². The zero-order valence-corrected chi connectivity index (χ0v) is 16.1. The Morgan fingerprint density at radius 1 is 1.35 bits per heavy atom. The highest BCUT2D eigenvalue weighted by atomic mass is 127. The Kier molecular flexibility index (Phi) is 13.7. The largest absolute Gasteiger partial charge is 0.377 e. The van der Waals surface area contributed by atoms with Gasteiger partial charge in [-0.05, 0) is 33.1 Å². The fourth-order valence-corrected chi connectivity index (χ4v) is 1.67. The van der Waals surface area contributed by atoms with E-state index in [0.29, 0.717) is 0 Å². The summed E-state index contributed by atoms with van der Waals surface area (Å²) in [5.41, 5.74) is -0.180. The summed E-state index contributed by atoms with van der Waals surface area (Å²) in [6.45, 7) is 9.62. The summed E-state index contributed by atoms with van der Waals surface area (Å²) in [5, 5.41) is 3.35. The highest BCUT2D eigenvalue weighted by Crippen LogP contribution is 2.05. The average molecular weight is 397 g/mol. The number of guanidine groups is 1. The van der Waals surface area contributed by atoms with Gasteiger partial charge < -0.3 is 15.0 Å². The van der Waals surface area contributed by atoms with Crippen LogP contribution in [0.5, 0.6) is 0 Å². The van der Waals surface area contributed by atoms with Gasteiger partial charge in [0, 0.05) is 34.3 Å². The SMILES string of the molecule is C=CCCCCCN(C)C(=NC)NCC(C)(C)OC.I. The normalized spacial score (nSPS) is 11.8. The molecule has 0 saturated heterocycles. The number of ether oxygens (including phenoxy) is 1. The molecule has 0 fully saturated rings. The Labute approximate surface area is 142 Å². The number of aliphatic imine (C=N–C) groups is 1. The quantitative estimate of drug-likeness (QED) is 0.213. The third kappa shape index (κ3) is 10.5. The first-order valence-corrected chi connectivity index (χ1v) is 7.04. The third-order valence-corrected chi connectivity index (χ3v) is 3.20. The molecule has 0 aliphatic carbocycles. The summed E-state index contributed by atoms with van der Waals surface area (Å²) in [6, 6.07) is 0. The maximum absolute atomic E-state index is 5.39. The van der Waals surface area contributed by atoms with Crippen molar-refractivity contribution >= 4 is 29.9 Å². The predicted molar refractivity (Wildman–Crippen MR) is 99.2 cm³/mol. The van der Waals surface area contributed by atoms with Crippen LogP contribution < -0.4 is 5.32 Å². The number of rotatable bonds is 9. The molecule has 0 unspecified atom stereocenters. The summed E-state index contributed by atoms with van der Waals surface area (Å²) < 4.78 is 5.39. The van der Waals surface area contributed by atoms with Gasteiger partial charge in [0.15, 0.2) is 5.96 Å². The molecule has 4 nitrogen and oxygen atoms in total. The molecule has 0 saturated carbocycles. The smallest absolute Gasteiger partial charge is 0.193 e. The van der Waals surface area contributed by atoms with Crippen LogP contribution in [0.25, 0.3) is 0 Å². The van der Waals surface area contributed by atoms with Crippen LogP contribution in [0.1, 0.15) is 39.5 Å². The van der Waals surface area contributed by atoms with Crippen molar-refractivity contribution in [2.24, 2.45) is 4.99 Å². The Bertz CT molecular complexity index is 280. The zero-order chi connectivity index (χ0) is 14.7. The zero-order valence-electron chi connectivity index (χ0n) is 13.7. The molecule has 120 valence electrons. The van der Waals surface area contributed by atoms with Crippen LogP contribution in [0, 0.1) is 0 Å². The summed E-state index contributed by atoms with van der Waals surface area (Å²) in [7, 11) is 5.62. The second kappa shape index (κ2) is 12.4. The lowest BCUT2D eigenvalue weighted by molar-refractivity contribution is 0.0264. The molecule has 0 aliphatic rings. The van der Waals surface area contributed by atoms with Gasteiger partial charge in [-0.1, -0.05) is 12.5 Å². The highest BCUT2D eigenvalue weighted by molar-refractivity contribution is 14.0. The van der Waals surface area contributed by atoms with Crippen LogP contribution in [0.2, 0.25) is 0 Å². The number of methoxy groups -OCH3 is 1. The molecular weight excluding hydrogens is 365 g/mol. The van der Waals surface area contributed by atoms with Crippen LogP contribution in [0.15, 0.2) is 17.6 Å². The third-order valence-electron chi connectivity index (χ3n) is 3.20. The molecule has 0 aromatic heterocycles. The van der Waals surface area contributed by atoms with Crippen molar-refractivity contribution < 1.29 is 4.74 Å². The second-order valence-corrected chi connectivity index (χ2v) is 5.42. The number of halogens is 1. The molecule has 1 N–H and O–H groups in total. The first-order chi connectivity index (χ1) is 8.96. The van der Waals surface area contributed by atoms with Crippen molar-refractivity contribution in [1.29, 1.82) is 0 Å². The number of nitrogens with one attached hydrogen (secondary N) is 1. The topological polar surface area (TPSA) is 36.9 Å². The lowest BCUT2D eigenvalue weighted by atomic mass is 10.1. The second-order valence-electron chi connectivity index (χ2n) is 5.42. The van der Waals surface area contributed by atoms with Crippen molar-refractivity contribution in [2.45, 2.75) is 45.1 Å². The molecule has 0 aromatic rings. The number of hydrogen-bond acceptors (Lipinski definition) is 2. The predicted octanol–water partition coefficient (Wildman–Crippen LogP) is 3.28. The van der Waals surface area contributed by atoms with Gasteiger partial charge in [0.05, 0.1) is 5.60 Å². The van der Waals surface area contributed by atoms with E-state index < -0.39 is 0 Å². The van der Waals surface area contributed by atoms with Crippen molar-refractivity contribution in [1.82, 2.24) is 10.2 Å². The van der Waals surface area contributed by atoms with E-state index in [0.717, 1.165) is 25.5 Å². The van der Waals surface area contributed by atoms with Crippen molar-refractivity contribution in [3.05, 3.63) is 12.7 Å². The molecule has 20 heavy (non-hydrogen) atoms. The molecular formula is C15H32IN3O. The van der Waals surface area contributed by atoms with Crippen molar-refractivity contribution in [2.75, 3.05) is 34.3 Å². The van der Waals surface area contributed by atoms with Gasteiger partial charge in [0.1, 0.15) is 0 Å². The summed E-state index contributed by atoms with van der Waals surface area (Å²) in [4.78, 5) is 6.47. The Morgan fingerprint density at radius 3 is 2.50 bits per heavy atom. The standard InChI is InChI=1S/C15H31N3O.HI/c1-7-8-9-10-11-12-18(5)14(16-4)17-13-15(2,3)19-6;/h7H,1,8-13H2,2-6H3,(H,16,17);1H. The van der Waals surface area contributed by atoms with Gasteiger partial charge >= 0.3 is 0 Å². The molecule has 0 amide bonds. The van der Waals surface area contributed by atoms with E-state index in [1.807, 2.05) is 13.1 Å². The Balaban J connectivity index is 0. The summed E-state index contributed by atoms with van der Waals surface area (Å²) >= 11 is 0. The molecule has 0 aliphatic heterocycles. The van der Waals surface area contributed by atoms with E-state index in [9.17, 15) is 0 Å². The first-order valence-electron chi connectivity index (χ1n) is 7.04. The lowest BCUT2D eigenvalue weighted by Gasteiger charge is -2.27. The van der Waals surface area contributed by atoms with Crippen molar-refractivity contribution in [3.8, 4) is 0 Å². The Morgan fingerprint density at radius 2 is 2.00 bits per heavy atom. The lowest BCUT2D eigenvalue weighted by Crippen LogP contribution is -2.46. The highest BCUT2D eigenvalue weighted by Gasteiger charge is 2.17. The monoisotopic (exact) mass is 397 g/mol. The summed E-state index contributed by atoms with van der Waals surface area (Å²) in [5.74, 6) is 0.925. The van der Waals surface area contributed by atoms with Crippen LogP contribution >= 0.6 is 24.0 Å². The number of unbranched alkanes of at least 4 members (excludes halogenated alkanes) is 3. The minimum Gasteiger partial charge on any atom is -0.377 e. The van der Waals surface area contributed by atoms with Crippen LogP contribution in [0.4, 0.5) is 0 Å². The molecule has 0 rings (SSSR count). The van der Waals surface area contributed by atoms with Crippen molar-refractivity contribution in [3.63, 3.8) is 0 Å². The molecule has 5 heteroatoms. The van der Waals surface area contributed by atoms with E-state index in [2.05, 4.69) is 42.7 Å². The molecule has 0 atom stereocenters. The minimum absolute atomic E-state index is 0. The molecule has 0 bridgehead atoms. The van der Waals surface area contributed by atoms with Crippen LogP contribution in [0.3, 0.4) is 0 Å². The van der Waals surface area contributed by atoms with Gasteiger partial charge in [-0.15, -0.1) is 30.6 Å². The molecule has 0 aromatic carbocycles. The number of hydrogen-bond donors (Lipinski definition) is 1. The van der Waals surface area contributed by atoms with Crippen LogP contribution in [-0.2, 0) is 4.74 Å². The van der Waals surface area contributed by atoms with Crippen LogP contribution in [-0.4, -0.2) is 50.8 Å². The number of nitrogens with zero attached hydrogens (tertiary/aromatic N) is 2. The molecule has 0 radical (unpaired) electrons. The Hall–Kier alpha value is -0.300. The first kappa shape index (κ1) is 22.0. The van der Waals surface area contributed by atoms with Gasteiger partial charge in [-0.3, -0.25) is 4.99 Å². The average Bonchev–Trinajstić information content (AvgIpc) is 2.39. The van der Waals surface area contributed by atoms with E-state index in [-0.39, 0.29) is 29.6 Å². The van der Waals surface area contributed by atoms with E-state index in [1.54, 1.807) is 7.11 Å². The maximum Gasteiger partial charge on any atom is 0.193 e. The number of allylic oxidation sites excluding steroid dienone is 1. The van der Waals surface area contributed by atoms with E-state index >= 15 is 0 Å². The van der Waals surface area contributed by atoms with E-state index in [1.165, 1.54) is 19.3 Å². The summed E-state index contributed by atoms with van der Waals surface area (Å²) in [6.07, 6.45) is 6.73. The molecule has 0 spiro atoms. The van der Waals surface area contributed by atoms with Gasteiger partial charge in [0.2, 0.25) is 0 Å². The molecule has 0 heterocycles. The van der Waals surface area contributed by atoms with Gasteiger partial charge in [-0.25, -0.2) is 0 Å². The van der Waals surface area contributed by atoms with Gasteiger partial charge in [0.25, 0.3) is 0 Å². The van der Waals surface area contributed by atoms with E-state index in [4.69, 9.17) is 4.74 Å². The maximum atomic E-state index is 5.39. The fraction of sp³-hybridized carbons (Fsp3) is 0.800. The minimum atomic E-state index is -0.180. The fourth-order valence-electron chi connectivity index (χ4n) is 1.67.